The first-order valence-corrected chi connectivity index (χ1v) is 10.2. The molecule has 0 aromatic heterocycles. The largest absolute Gasteiger partial charge is 0.497 e. The van der Waals surface area contributed by atoms with Crippen LogP contribution in [0.4, 0.5) is 0 Å². The number of carboxylic acid groups (broad SMARTS) is 2. The summed E-state index contributed by atoms with van der Waals surface area (Å²) >= 11 is 0. The SMILES string of the molecule is COc1ccc(CCCC(=O)C(=O)O)cc1.COc1ccc(CCCC(O)C(=O)O)cc1. The lowest BCUT2D eigenvalue weighted by Crippen LogP contribution is -2.19. The minimum absolute atomic E-state index is 0.0847. The molecule has 1 unspecified atom stereocenters. The quantitative estimate of drug-likeness (QED) is 0.424. The predicted octanol–water partition coefficient (Wildman–Crippen LogP) is 3.14. The molecule has 32 heavy (non-hydrogen) atoms. The first-order chi connectivity index (χ1) is 15.3. The van der Waals surface area contributed by atoms with E-state index in [1.165, 1.54) is 0 Å². The van der Waals surface area contributed by atoms with Crippen molar-refractivity contribution in [3.8, 4) is 11.5 Å². The second kappa shape index (κ2) is 14.6. The summed E-state index contributed by atoms with van der Waals surface area (Å²) in [5.41, 5.74) is 2.18. The smallest absolute Gasteiger partial charge is 0.372 e. The van der Waals surface area contributed by atoms with Gasteiger partial charge in [0, 0.05) is 6.42 Å². The Balaban J connectivity index is 0.000000320. The van der Waals surface area contributed by atoms with Gasteiger partial charge in [-0.3, -0.25) is 4.79 Å². The van der Waals surface area contributed by atoms with Gasteiger partial charge < -0.3 is 24.8 Å². The molecule has 8 nitrogen and oxygen atoms in total. The van der Waals surface area contributed by atoms with Crippen molar-refractivity contribution in [3.05, 3.63) is 59.7 Å². The van der Waals surface area contributed by atoms with Gasteiger partial charge in [-0.15, -0.1) is 0 Å². The summed E-state index contributed by atoms with van der Waals surface area (Å²) in [5, 5.41) is 25.9. The van der Waals surface area contributed by atoms with Crippen LogP contribution in [-0.4, -0.2) is 53.4 Å². The molecule has 8 heteroatoms. The van der Waals surface area contributed by atoms with Crippen LogP contribution < -0.4 is 9.47 Å². The lowest BCUT2D eigenvalue weighted by Gasteiger charge is -2.05. The van der Waals surface area contributed by atoms with E-state index in [1.54, 1.807) is 14.2 Å². The number of aliphatic hydroxyl groups excluding tert-OH is 1. The topological polar surface area (TPSA) is 130 Å². The maximum atomic E-state index is 10.8. The van der Waals surface area contributed by atoms with E-state index in [9.17, 15) is 14.4 Å². The molecule has 0 bridgehead atoms. The number of carboxylic acids is 2. The zero-order valence-corrected chi connectivity index (χ0v) is 18.3. The highest BCUT2D eigenvalue weighted by molar-refractivity contribution is 6.32. The highest BCUT2D eigenvalue weighted by Crippen LogP contribution is 2.14. The van der Waals surface area contributed by atoms with E-state index in [-0.39, 0.29) is 12.8 Å². The van der Waals surface area contributed by atoms with Gasteiger partial charge >= 0.3 is 11.9 Å². The zero-order chi connectivity index (χ0) is 23.9. The third-order valence-electron chi connectivity index (χ3n) is 4.65. The molecular weight excluding hydrogens is 416 g/mol. The van der Waals surface area contributed by atoms with Crippen molar-refractivity contribution in [2.24, 2.45) is 0 Å². The molecule has 2 aromatic rings. The molecular formula is C24H30O8. The van der Waals surface area contributed by atoms with E-state index in [1.807, 2.05) is 48.5 Å². The van der Waals surface area contributed by atoms with E-state index in [4.69, 9.17) is 24.8 Å². The number of rotatable bonds is 12. The van der Waals surface area contributed by atoms with Crippen LogP contribution in [0, 0.1) is 0 Å². The maximum Gasteiger partial charge on any atom is 0.372 e. The summed E-state index contributed by atoms with van der Waals surface area (Å²) < 4.78 is 10.0. The summed E-state index contributed by atoms with van der Waals surface area (Å²) in [6.07, 6.45) is 1.77. The van der Waals surface area contributed by atoms with E-state index in [0.29, 0.717) is 19.3 Å². The molecule has 0 amide bonds. The Morgan fingerprint density at radius 2 is 1.22 bits per heavy atom. The molecule has 3 N–H and O–H groups in total. The van der Waals surface area contributed by atoms with Gasteiger partial charge in [0.25, 0.3) is 0 Å². The van der Waals surface area contributed by atoms with Crippen molar-refractivity contribution >= 4 is 17.7 Å². The Hall–Kier alpha value is -3.39. The van der Waals surface area contributed by atoms with Crippen molar-refractivity contribution in [2.75, 3.05) is 14.2 Å². The molecule has 0 saturated heterocycles. The number of hydrogen-bond donors (Lipinski definition) is 3. The van der Waals surface area contributed by atoms with Crippen LogP contribution in [0.3, 0.4) is 0 Å². The lowest BCUT2D eigenvalue weighted by molar-refractivity contribution is -0.149. The molecule has 0 saturated carbocycles. The summed E-state index contributed by atoms with van der Waals surface area (Å²) in [7, 11) is 3.21. The van der Waals surface area contributed by atoms with Crippen LogP contribution in [0.1, 0.15) is 36.8 Å². The number of ketones is 1. The fourth-order valence-corrected chi connectivity index (χ4v) is 2.77. The van der Waals surface area contributed by atoms with E-state index < -0.39 is 23.8 Å². The minimum atomic E-state index is -1.35. The van der Waals surface area contributed by atoms with Gasteiger partial charge in [0.2, 0.25) is 5.78 Å². The van der Waals surface area contributed by atoms with Gasteiger partial charge in [0.1, 0.15) is 11.5 Å². The van der Waals surface area contributed by atoms with Gasteiger partial charge in [-0.05, 0) is 67.5 Å². The molecule has 0 aliphatic heterocycles. The van der Waals surface area contributed by atoms with Gasteiger partial charge in [0.05, 0.1) is 14.2 Å². The molecule has 2 rings (SSSR count). The fourth-order valence-electron chi connectivity index (χ4n) is 2.77. The molecule has 0 aliphatic carbocycles. The highest BCUT2D eigenvalue weighted by atomic mass is 16.5. The summed E-state index contributed by atoms with van der Waals surface area (Å²) in [4.78, 5) is 31.4. The first kappa shape index (κ1) is 26.6. The monoisotopic (exact) mass is 446 g/mol. The van der Waals surface area contributed by atoms with Crippen LogP contribution in [0.5, 0.6) is 11.5 Å². The summed E-state index contributed by atoms with van der Waals surface area (Å²) in [6.45, 7) is 0. The molecule has 174 valence electrons. The number of benzene rings is 2. The van der Waals surface area contributed by atoms with Crippen molar-refractivity contribution in [3.63, 3.8) is 0 Å². The summed E-state index contributed by atoms with van der Waals surface area (Å²) in [6, 6.07) is 15.1. The molecule has 0 radical (unpaired) electrons. The third-order valence-corrected chi connectivity index (χ3v) is 4.65. The van der Waals surface area contributed by atoms with Crippen LogP contribution in [0.2, 0.25) is 0 Å². The standard InChI is InChI=1S/C12H16O4.C12H14O4/c2*1-16-10-7-5-9(6-8-10)3-2-4-11(13)12(14)15/h5-8,11,13H,2-4H2,1H3,(H,14,15);5-8H,2-4H2,1H3,(H,14,15). The number of ether oxygens (including phenoxy) is 2. The predicted molar refractivity (Wildman–Crippen MR) is 118 cm³/mol. The first-order valence-electron chi connectivity index (χ1n) is 10.2. The average molecular weight is 446 g/mol. The Morgan fingerprint density at radius 1 is 0.781 bits per heavy atom. The minimum Gasteiger partial charge on any atom is -0.497 e. The molecule has 0 spiro atoms. The zero-order valence-electron chi connectivity index (χ0n) is 18.3. The van der Waals surface area contributed by atoms with Crippen molar-refractivity contribution in [1.29, 1.82) is 0 Å². The number of aliphatic hydroxyl groups is 1. The summed E-state index contributed by atoms with van der Waals surface area (Å²) in [5.74, 6) is -1.65. The lowest BCUT2D eigenvalue weighted by atomic mass is 10.1. The number of aryl methyl sites for hydroxylation is 2. The van der Waals surface area contributed by atoms with Crippen LogP contribution in [0.15, 0.2) is 48.5 Å². The van der Waals surface area contributed by atoms with Crippen molar-refractivity contribution in [1.82, 2.24) is 0 Å². The van der Waals surface area contributed by atoms with E-state index >= 15 is 0 Å². The van der Waals surface area contributed by atoms with Crippen LogP contribution >= 0.6 is 0 Å². The Labute approximate surface area is 187 Å². The highest BCUT2D eigenvalue weighted by Gasteiger charge is 2.12. The molecule has 0 fully saturated rings. The number of carbonyl (C=O) groups is 3. The number of carbonyl (C=O) groups excluding carboxylic acids is 1. The van der Waals surface area contributed by atoms with E-state index in [2.05, 4.69) is 0 Å². The Bertz CT molecular complexity index is 843. The molecule has 0 heterocycles. The van der Waals surface area contributed by atoms with Crippen molar-refractivity contribution in [2.45, 2.75) is 44.6 Å². The van der Waals surface area contributed by atoms with Crippen LogP contribution in [-0.2, 0) is 27.2 Å². The second-order valence-corrected chi connectivity index (χ2v) is 7.02. The normalized spacial score (nSPS) is 11.0. The van der Waals surface area contributed by atoms with Gasteiger partial charge in [-0.2, -0.15) is 0 Å². The molecule has 0 aliphatic rings. The number of Topliss-reactive ketones (excluding diaryl/α,β-unsaturated/α-hetero) is 1. The van der Waals surface area contributed by atoms with Crippen LogP contribution in [0.25, 0.3) is 0 Å². The third kappa shape index (κ3) is 10.6. The number of methoxy groups -OCH3 is 2. The maximum absolute atomic E-state index is 10.8. The number of aliphatic carboxylic acids is 2. The number of hydrogen-bond acceptors (Lipinski definition) is 6. The van der Waals surface area contributed by atoms with Gasteiger partial charge in [-0.25, -0.2) is 9.59 Å². The Morgan fingerprint density at radius 3 is 1.59 bits per heavy atom. The molecule has 2 aromatic carbocycles. The fraction of sp³-hybridized carbons (Fsp3) is 0.375. The van der Waals surface area contributed by atoms with E-state index in [0.717, 1.165) is 29.0 Å². The van der Waals surface area contributed by atoms with Crippen molar-refractivity contribution < 1.29 is 39.2 Å². The second-order valence-electron chi connectivity index (χ2n) is 7.02. The Kier molecular flexibility index (Phi) is 12.1. The average Bonchev–Trinajstić information content (AvgIpc) is 2.80. The van der Waals surface area contributed by atoms with Gasteiger partial charge in [0.15, 0.2) is 6.10 Å². The van der Waals surface area contributed by atoms with Gasteiger partial charge in [-0.1, -0.05) is 24.3 Å². The molecule has 1 atom stereocenters.